The van der Waals surface area contributed by atoms with Gasteiger partial charge in [-0.2, -0.15) is 0 Å². The number of carbonyl (C=O) groups excluding carboxylic acids is 6. The first-order chi connectivity index (χ1) is 32.2. The number of esters is 4. The number of amides is 1. The Morgan fingerprint density at radius 1 is 0.826 bits per heavy atom. The van der Waals surface area contributed by atoms with Crippen LogP contribution in [0.1, 0.15) is 107 Å². The van der Waals surface area contributed by atoms with Gasteiger partial charge in [0, 0.05) is 37.7 Å². The predicted octanol–water partition coefficient (Wildman–Crippen LogP) is 6.77. The highest BCUT2D eigenvalue weighted by molar-refractivity contribution is 6.74. The van der Waals surface area contributed by atoms with Gasteiger partial charge in [0.2, 0.25) is 0 Å². The Hall–Kier alpha value is -5.52. The van der Waals surface area contributed by atoms with Crippen molar-refractivity contribution in [1.29, 1.82) is 0 Å². The number of Topliss-reactive ketones (excluding diaryl/α,β-unsaturated/α-hetero) is 1. The average molecular weight is 968 g/mol. The molecule has 16 heteroatoms. The van der Waals surface area contributed by atoms with Crippen LogP contribution in [0.4, 0.5) is 0 Å². The Balaban J connectivity index is 1.44. The van der Waals surface area contributed by atoms with Crippen molar-refractivity contribution in [2.75, 3.05) is 6.61 Å². The Kier molecular flexibility index (Phi) is 13.9. The number of hydrogen-bond donors (Lipinski definition) is 3. The highest BCUT2D eigenvalue weighted by Crippen LogP contribution is 2.64. The molecule has 3 aromatic carbocycles. The minimum atomic E-state index is -2.93. The number of fused-ring (bicyclic) bond motifs is 5. The van der Waals surface area contributed by atoms with Crippen molar-refractivity contribution in [3.8, 4) is 0 Å². The van der Waals surface area contributed by atoms with Crippen LogP contribution >= 0.6 is 0 Å². The topological polar surface area (TPSA) is 210 Å². The third kappa shape index (κ3) is 8.98. The molecule has 2 unspecified atom stereocenters. The van der Waals surface area contributed by atoms with Crippen LogP contribution < -0.4 is 5.32 Å². The lowest BCUT2D eigenvalue weighted by Gasteiger charge is -2.67. The molecule has 370 valence electrons. The van der Waals surface area contributed by atoms with Gasteiger partial charge in [0.05, 0.1) is 35.6 Å². The second-order valence-electron chi connectivity index (χ2n) is 21.2. The maximum Gasteiger partial charge on any atom is 0.338 e. The number of hydrogen-bond acceptors (Lipinski definition) is 14. The minimum Gasteiger partial charge on any atom is -0.456 e. The Labute approximate surface area is 404 Å². The normalized spacial score (nSPS) is 30.4. The van der Waals surface area contributed by atoms with Gasteiger partial charge in [-0.1, -0.05) is 101 Å². The van der Waals surface area contributed by atoms with E-state index >= 15 is 9.59 Å². The molecule has 3 fully saturated rings. The molecule has 1 aliphatic heterocycles. The molecule has 2 saturated carbocycles. The second kappa shape index (κ2) is 18.7. The number of ether oxygens (including phenoxy) is 5. The molecule has 1 saturated heterocycles. The second-order valence-corrected chi connectivity index (χ2v) is 26.0. The van der Waals surface area contributed by atoms with Gasteiger partial charge in [-0.25, -0.2) is 9.59 Å². The third-order valence-electron chi connectivity index (χ3n) is 15.7. The van der Waals surface area contributed by atoms with E-state index in [0.29, 0.717) is 11.1 Å². The molecule has 1 heterocycles. The molecule has 1 amide bonds. The summed E-state index contributed by atoms with van der Waals surface area (Å²) >= 11 is 0. The molecule has 0 aromatic heterocycles. The summed E-state index contributed by atoms with van der Waals surface area (Å²) in [5, 5.41) is 28.8. The van der Waals surface area contributed by atoms with Crippen LogP contribution in [0.25, 0.3) is 0 Å². The van der Waals surface area contributed by atoms with Crippen molar-refractivity contribution in [2.24, 2.45) is 16.7 Å². The molecule has 3 aliphatic carbocycles. The SMILES string of the molecule is CC(=O)O[C@H]1C(=O)[C@@]2(C)C(C(OC(=O)c3ccccc3)[C@]3(O)C[C@H](OC(=O)[C@H](O[Si](C)(C)C(C)(C)C)[C@@H](NC(=O)c4ccccc4)c4ccccc4)C(C)=C1C3(C)C)[C@]1(OC(C)=O)CO[C@@H]1C[C@@H]2O. The molecule has 11 atom stereocenters. The van der Waals surface area contributed by atoms with Crippen LogP contribution in [0.15, 0.2) is 102 Å². The number of carbonyl (C=O) groups is 6. The van der Waals surface area contributed by atoms with Gasteiger partial charge in [0.25, 0.3) is 5.91 Å². The van der Waals surface area contributed by atoms with Gasteiger partial charge in [-0.3, -0.25) is 19.2 Å². The highest BCUT2D eigenvalue weighted by Gasteiger charge is 2.78. The summed E-state index contributed by atoms with van der Waals surface area (Å²) in [7, 11) is -2.93. The lowest BCUT2D eigenvalue weighted by molar-refractivity contribution is -0.346. The monoisotopic (exact) mass is 967 g/mol. The smallest absolute Gasteiger partial charge is 0.338 e. The maximum absolute atomic E-state index is 15.8. The zero-order valence-electron chi connectivity index (χ0n) is 41.2. The van der Waals surface area contributed by atoms with Gasteiger partial charge in [0.15, 0.2) is 31.9 Å². The van der Waals surface area contributed by atoms with E-state index in [0.717, 1.165) is 6.92 Å². The summed E-state index contributed by atoms with van der Waals surface area (Å²) in [5.41, 5.74) is -6.59. The van der Waals surface area contributed by atoms with Gasteiger partial charge in [0.1, 0.15) is 23.9 Å². The van der Waals surface area contributed by atoms with Crippen molar-refractivity contribution < 1.29 is 67.1 Å². The molecule has 69 heavy (non-hydrogen) atoms. The number of ketones is 1. The first kappa shape index (κ1) is 51.3. The first-order valence-electron chi connectivity index (χ1n) is 23.4. The van der Waals surface area contributed by atoms with Crippen LogP contribution in [0.2, 0.25) is 18.1 Å². The maximum atomic E-state index is 15.8. The molecule has 0 radical (unpaired) electrons. The molecule has 3 N–H and O–H groups in total. The predicted molar refractivity (Wildman–Crippen MR) is 254 cm³/mol. The van der Waals surface area contributed by atoms with Crippen LogP contribution in [-0.2, 0) is 47.3 Å². The summed E-state index contributed by atoms with van der Waals surface area (Å²) in [6, 6.07) is 24.2. The van der Waals surface area contributed by atoms with E-state index in [2.05, 4.69) is 5.32 Å². The zero-order chi connectivity index (χ0) is 50.6. The lowest BCUT2D eigenvalue weighted by Crippen LogP contribution is -2.82. The molecular weight excluding hydrogens is 903 g/mol. The quantitative estimate of drug-likeness (QED) is 0.0741. The van der Waals surface area contributed by atoms with Crippen molar-refractivity contribution >= 4 is 43.9 Å². The number of rotatable bonds is 12. The summed E-state index contributed by atoms with van der Waals surface area (Å²) in [6.45, 7) is 18.2. The fourth-order valence-electron chi connectivity index (χ4n) is 10.8. The van der Waals surface area contributed by atoms with E-state index in [1.54, 1.807) is 99.6 Å². The molecule has 4 aliphatic rings. The summed E-state index contributed by atoms with van der Waals surface area (Å²) in [6.07, 6.45) is -9.79. The average Bonchev–Trinajstić information content (AvgIpc) is 3.28. The van der Waals surface area contributed by atoms with E-state index in [1.165, 1.54) is 26.0 Å². The van der Waals surface area contributed by atoms with Crippen LogP contribution in [-0.4, -0.2) is 109 Å². The molecule has 2 bridgehead atoms. The van der Waals surface area contributed by atoms with E-state index in [1.807, 2.05) is 33.9 Å². The third-order valence-corrected chi connectivity index (χ3v) is 20.1. The highest BCUT2D eigenvalue weighted by atomic mass is 28.4. The van der Waals surface area contributed by atoms with Crippen molar-refractivity contribution in [3.05, 3.63) is 119 Å². The van der Waals surface area contributed by atoms with E-state index in [-0.39, 0.29) is 29.7 Å². The largest absolute Gasteiger partial charge is 0.456 e. The molecular formula is C53H65NO14Si. The molecule has 0 spiro atoms. The van der Waals surface area contributed by atoms with E-state index < -0.39 is 126 Å². The van der Waals surface area contributed by atoms with Crippen LogP contribution in [0.5, 0.6) is 0 Å². The minimum absolute atomic E-state index is 0.0502. The van der Waals surface area contributed by atoms with Gasteiger partial charge in [-0.15, -0.1) is 0 Å². The van der Waals surface area contributed by atoms with Crippen molar-refractivity contribution in [1.82, 2.24) is 5.32 Å². The van der Waals surface area contributed by atoms with Crippen LogP contribution in [0, 0.1) is 16.7 Å². The van der Waals surface area contributed by atoms with Crippen LogP contribution in [0.3, 0.4) is 0 Å². The Morgan fingerprint density at radius 2 is 1.39 bits per heavy atom. The summed E-state index contributed by atoms with van der Waals surface area (Å²) in [5.74, 6) is -6.32. The fraction of sp³-hybridized carbons (Fsp3) is 0.509. The summed E-state index contributed by atoms with van der Waals surface area (Å²) < 4.78 is 38.2. The Bertz CT molecular complexity index is 2510. The van der Waals surface area contributed by atoms with Crippen molar-refractivity contribution in [2.45, 2.75) is 147 Å². The number of benzene rings is 3. The van der Waals surface area contributed by atoms with Gasteiger partial charge < -0.3 is 43.6 Å². The number of nitrogens with one attached hydrogen (secondary N) is 1. The molecule has 3 aromatic rings. The van der Waals surface area contributed by atoms with E-state index in [9.17, 15) is 29.4 Å². The van der Waals surface area contributed by atoms with Crippen molar-refractivity contribution in [3.63, 3.8) is 0 Å². The molecule has 15 nitrogen and oxygen atoms in total. The standard InChI is InChI=1S/C53H65NO14Si/c1-30-36(65-48(61)42(68-69(10,11)49(4,5)6)40(33-21-15-12-16-22-33)54-46(59)34-23-17-13-18-24-34)28-53(62)45(66-47(60)35-25-19-14-20-26-35)43-51(9,37(57)27-38-52(43,29-63-38)67-32(3)56)44(58)41(64-31(2)55)39(30)50(53,7)8/h12-26,36-38,40-43,45,57,62H,27-29H2,1-11H3,(H,54,59)/t36-,37-,38+,40-,41+,42+,43?,45?,51+,52-,53+/m0/s1. The fourth-order valence-corrected chi connectivity index (χ4v) is 12.0. The zero-order valence-corrected chi connectivity index (χ0v) is 42.2. The van der Waals surface area contributed by atoms with E-state index in [4.69, 9.17) is 28.1 Å². The molecule has 7 rings (SSSR count). The number of aliphatic hydroxyl groups is 2. The summed E-state index contributed by atoms with van der Waals surface area (Å²) in [4.78, 5) is 86.2. The Morgan fingerprint density at radius 3 is 1.91 bits per heavy atom. The first-order valence-corrected chi connectivity index (χ1v) is 26.3. The number of aliphatic hydroxyl groups excluding tert-OH is 1. The van der Waals surface area contributed by atoms with Gasteiger partial charge >= 0.3 is 23.9 Å². The lowest BCUT2D eigenvalue weighted by atomic mass is 9.44. The van der Waals surface area contributed by atoms with Gasteiger partial charge in [-0.05, 0) is 73.0 Å².